The molecule has 3 aromatic carbocycles. The molecule has 30 heavy (non-hydrogen) atoms. The van der Waals surface area contributed by atoms with E-state index < -0.39 is 10.9 Å². The molecule has 0 heterocycles. The first-order valence-corrected chi connectivity index (χ1v) is 9.33. The lowest BCUT2D eigenvalue weighted by molar-refractivity contribution is -0.385. The second-order valence-corrected chi connectivity index (χ2v) is 6.57. The molecule has 0 saturated heterocycles. The number of para-hydroxylation sites is 1. The smallest absolute Gasteiger partial charge is 0.343 e. The number of hydrogen-bond donors (Lipinski definition) is 0. The Bertz CT molecular complexity index is 1090. The summed E-state index contributed by atoms with van der Waals surface area (Å²) < 4.78 is 10.8. The molecule has 0 bridgehead atoms. The summed E-state index contributed by atoms with van der Waals surface area (Å²) in [7, 11) is 0. The van der Waals surface area contributed by atoms with Crippen LogP contribution in [0.3, 0.4) is 0 Å². The lowest BCUT2D eigenvalue weighted by Crippen LogP contribution is -2.08. The average molecular weight is 426 g/mol. The zero-order chi connectivity index (χ0) is 21.7. The van der Waals surface area contributed by atoms with Crippen molar-refractivity contribution in [2.75, 3.05) is 0 Å². The molecule has 0 radical (unpaired) electrons. The number of esters is 1. The highest BCUT2D eigenvalue weighted by Gasteiger charge is 2.19. The summed E-state index contributed by atoms with van der Waals surface area (Å²) in [4.78, 5) is 34.5. The lowest BCUT2D eigenvalue weighted by Gasteiger charge is -2.09. The molecule has 0 fully saturated rings. The number of carbonyl (C=O) groups excluding carboxylic acids is 2. The first-order chi connectivity index (χ1) is 14.4. The largest absolute Gasteiger partial charge is 0.449 e. The molecular weight excluding hydrogens is 410 g/mol. The number of nitro benzene ring substituents is 1. The van der Waals surface area contributed by atoms with Crippen molar-refractivity contribution in [3.63, 3.8) is 0 Å². The molecular formula is C22H16ClNO6. The quantitative estimate of drug-likeness (QED) is 0.155. The Kier molecular flexibility index (Phi) is 6.44. The summed E-state index contributed by atoms with van der Waals surface area (Å²) in [5.41, 5.74) is 0.535. The minimum Gasteiger partial charge on any atom is -0.449 e. The van der Waals surface area contributed by atoms with Crippen LogP contribution < -0.4 is 9.47 Å². The first kappa shape index (κ1) is 21.0. The van der Waals surface area contributed by atoms with Crippen LogP contribution in [0, 0.1) is 10.1 Å². The van der Waals surface area contributed by atoms with Gasteiger partial charge in [0.05, 0.1) is 15.5 Å². The number of hydrogen-bond acceptors (Lipinski definition) is 6. The summed E-state index contributed by atoms with van der Waals surface area (Å²) in [6.45, 7) is 1.77. The molecule has 152 valence electrons. The molecule has 0 N–H and O–H groups in total. The van der Waals surface area contributed by atoms with Gasteiger partial charge in [0.2, 0.25) is 5.75 Å². The minimum atomic E-state index is -0.597. The third kappa shape index (κ3) is 4.82. The maximum absolute atomic E-state index is 12.3. The molecule has 0 spiro atoms. The van der Waals surface area contributed by atoms with E-state index in [0.717, 1.165) is 0 Å². The fourth-order valence-corrected chi connectivity index (χ4v) is 2.81. The number of carbonyl (C=O) groups is 2. The highest BCUT2D eigenvalue weighted by atomic mass is 35.5. The van der Waals surface area contributed by atoms with Crippen molar-refractivity contribution in [1.82, 2.24) is 0 Å². The van der Waals surface area contributed by atoms with E-state index in [0.29, 0.717) is 17.7 Å². The van der Waals surface area contributed by atoms with Gasteiger partial charge in [-0.25, -0.2) is 4.79 Å². The van der Waals surface area contributed by atoms with Gasteiger partial charge in [-0.3, -0.25) is 14.9 Å². The summed E-state index contributed by atoms with van der Waals surface area (Å²) in [5.74, 6) is -0.104. The maximum Gasteiger partial charge on any atom is 0.343 e. The fourth-order valence-electron chi connectivity index (χ4n) is 2.60. The monoisotopic (exact) mass is 425 g/mol. The third-order valence-corrected chi connectivity index (χ3v) is 4.46. The van der Waals surface area contributed by atoms with E-state index in [-0.39, 0.29) is 33.6 Å². The van der Waals surface area contributed by atoms with Gasteiger partial charge in [-0.15, -0.1) is 0 Å². The molecule has 0 saturated carbocycles. The second-order valence-electron chi connectivity index (χ2n) is 6.16. The average Bonchev–Trinajstić information content (AvgIpc) is 2.75. The van der Waals surface area contributed by atoms with Crippen molar-refractivity contribution in [3.05, 3.63) is 93.0 Å². The Morgan fingerprint density at radius 2 is 1.53 bits per heavy atom. The van der Waals surface area contributed by atoms with Gasteiger partial charge in [-0.2, -0.15) is 0 Å². The minimum absolute atomic E-state index is 0.00206. The summed E-state index contributed by atoms with van der Waals surface area (Å²) in [6, 6.07) is 16.4. The number of ketones is 1. The van der Waals surface area contributed by atoms with E-state index in [1.807, 2.05) is 0 Å². The number of Topliss-reactive ketones (excluding diaryl/α,β-unsaturated/α-hetero) is 1. The fraction of sp³-hybridized carbons (Fsp3) is 0.0909. The van der Waals surface area contributed by atoms with Crippen LogP contribution in [0.5, 0.6) is 17.2 Å². The zero-order valence-electron chi connectivity index (χ0n) is 15.8. The number of benzene rings is 3. The molecule has 0 aliphatic rings. The predicted molar refractivity (Wildman–Crippen MR) is 111 cm³/mol. The molecule has 8 heteroatoms. The van der Waals surface area contributed by atoms with Gasteiger partial charge in [-0.1, -0.05) is 24.6 Å². The molecule has 0 aliphatic heterocycles. The third-order valence-electron chi connectivity index (χ3n) is 4.16. The van der Waals surface area contributed by atoms with E-state index in [1.165, 1.54) is 42.5 Å². The topological polar surface area (TPSA) is 95.7 Å². The van der Waals surface area contributed by atoms with E-state index in [1.54, 1.807) is 31.2 Å². The molecule has 3 aromatic rings. The predicted octanol–water partition coefficient (Wildman–Crippen LogP) is 5.85. The summed E-state index contributed by atoms with van der Waals surface area (Å²) in [6.07, 6.45) is 0.394. The Morgan fingerprint density at radius 1 is 0.933 bits per heavy atom. The molecule has 0 aromatic heterocycles. The van der Waals surface area contributed by atoms with Crippen molar-refractivity contribution >= 4 is 29.0 Å². The highest BCUT2D eigenvalue weighted by molar-refractivity contribution is 6.32. The first-order valence-electron chi connectivity index (χ1n) is 8.95. The molecule has 0 amide bonds. The molecule has 0 unspecified atom stereocenters. The number of nitro groups is 1. The van der Waals surface area contributed by atoms with Gasteiger partial charge in [0, 0.05) is 18.1 Å². The van der Waals surface area contributed by atoms with E-state index >= 15 is 0 Å². The van der Waals surface area contributed by atoms with Crippen LogP contribution in [0.25, 0.3) is 0 Å². The standard InChI is InChI=1S/C22H16ClNO6/c1-2-20(25)14-6-10-17(11-7-14)30-22(26)15-8-12-16(13-9-15)29-21-18(23)4-3-5-19(21)24(27)28/h3-13H,2H2,1H3. The Hall–Kier alpha value is -3.71. The normalized spacial score (nSPS) is 10.3. The van der Waals surface area contributed by atoms with Crippen LogP contribution in [0.4, 0.5) is 5.69 Å². The Balaban J connectivity index is 1.71. The molecule has 0 aliphatic carbocycles. The van der Waals surface area contributed by atoms with Gasteiger partial charge >= 0.3 is 11.7 Å². The number of nitrogens with zero attached hydrogens (tertiary/aromatic N) is 1. The Labute approximate surface area is 177 Å². The number of halogens is 1. The van der Waals surface area contributed by atoms with Crippen molar-refractivity contribution in [2.24, 2.45) is 0 Å². The molecule has 7 nitrogen and oxygen atoms in total. The van der Waals surface area contributed by atoms with Gasteiger partial charge in [0.15, 0.2) is 5.78 Å². The summed E-state index contributed by atoms with van der Waals surface area (Å²) >= 11 is 6.01. The molecule has 0 atom stereocenters. The van der Waals surface area contributed by atoms with Crippen LogP contribution in [-0.2, 0) is 0 Å². The number of rotatable bonds is 7. The van der Waals surface area contributed by atoms with Gasteiger partial charge in [0.25, 0.3) is 0 Å². The van der Waals surface area contributed by atoms with Crippen LogP contribution in [0.1, 0.15) is 34.1 Å². The van der Waals surface area contributed by atoms with Crippen LogP contribution in [0.15, 0.2) is 66.7 Å². The van der Waals surface area contributed by atoms with E-state index in [4.69, 9.17) is 21.1 Å². The second kappa shape index (κ2) is 9.19. The maximum atomic E-state index is 12.3. The van der Waals surface area contributed by atoms with Crippen LogP contribution >= 0.6 is 11.6 Å². The van der Waals surface area contributed by atoms with E-state index in [2.05, 4.69) is 0 Å². The van der Waals surface area contributed by atoms with Gasteiger partial charge in [0.1, 0.15) is 11.5 Å². The van der Waals surface area contributed by atoms with E-state index in [9.17, 15) is 19.7 Å². The summed E-state index contributed by atoms with van der Waals surface area (Å²) in [5, 5.41) is 11.2. The Morgan fingerprint density at radius 3 is 2.13 bits per heavy atom. The highest BCUT2D eigenvalue weighted by Crippen LogP contribution is 2.37. The lowest BCUT2D eigenvalue weighted by atomic mass is 10.1. The number of ether oxygens (including phenoxy) is 2. The SMILES string of the molecule is CCC(=O)c1ccc(OC(=O)c2ccc(Oc3c(Cl)cccc3[N+](=O)[O-])cc2)cc1. The molecule has 3 rings (SSSR count). The van der Waals surface area contributed by atoms with Gasteiger partial charge < -0.3 is 9.47 Å². The van der Waals surface area contributed by atoms with Crippen molar-refractivity contribution in [2.45, 2.75) is 13.3 Å². The zero-order valence-corrected chi connectivity index (χ0v) is 16.6. The van der Waals surface area contributed by atoms with Gasteiger partial charge in [-0.05, 0) is 54.6 Å². The van der Waals surface area contributed by atoms with Crippen molar-refractivity contribution in [1.29, 1.82) is 0 Å². The van der Waals surface area contributed by atoms with Crippen molar-refractivity contribution < 1.29 is 24.0 Å². The van der Waals surface area contributed by atoms with Crippen LogP contribution in [-0.4, -0.2) is 16.7 Å². The van der Waals surface area contributed by atoms with Crippen LogP contribution in [0.2, 0.25) is 5.02 Å². The van der Waals surface area contributed by atoms with Crippen molar-refractivity contribution in [3.8, 4) is 17.2 Å².